The van der Waals surface area contributed by atoms with E-state index < -0.39 is 29.8 Å². The number of carboxylic acid groups (broad SMARTS) is 1. The van der Waals surface area contributed by atoms with Crippen LogP contribution in [0, 0.1) is 0 Å². The first-order valence-corrected chi connectivity index (χ1v) is 8.31. The molecule has 1 aromatic rings. The van der Waals surface area contributed by atoms with Gasteiger partial charge in [-0.1, -0.05) is 6.07 Å². The van der Waals surface area contributed by atoms with Crippen LogP contribution in [0.4, 0.5) is 4.79 Å². The van der Waals surface area contributed by atoms with Crippen molar-refractivity contribution in [2.45, 2.75) is 51.9 Å². The molecular formula is C18H25NO6. The van der Waals surface area contributed by atoms with Crippen molar-refractivity contribution in [1.82, 2.24) is 4.90 Å². The summed E-state index contributed by atoms with van der Waals surface area (Å²) in [4.78, 5) is 25.0. The van der Waals surface area contributed by atoms with Crippen LogP contribution >= 0.6 is 0 Å². The Morgan fingerprint density at radius 1 is 1.28 bits per heavy atom. The molecule has 0 saturated carbocycles. The lowest BCUT2D eigenvalue weighted by atomic mass is 10.2. The van der Waals surface area contributed by atoms with Crippen molar-refractivity contribution in [3.63, 3.8) is 0 Å². The molecule has 2 rings (SSSR count). The predicted molar refractivity (Wildman–Crippen MR) is 91.0 cm³/mol. The topological polar surface area (TPSA) is 85.3 Å². The summed E-state index contributed by atoms with van der Waals surface area (Å²) in [6.07, 6.45) is -0.868. The molecule has 0 unspecified atom stereocenters. The highest BCUT2D eigenvalue weighted by atomic mass is 16.6. The average molecular weight is 351 g/mol. The minimum absolute atomic E-state index is 0.157. The molecule has 1 heterocycles. The summed E-state index contributed by atoms with van der Waals surface area (Å²) in [6.45, 7) is 7.81. The van der Waals surface area contributed by atoms with E-state index >= 15 is 0 Å². The minimum Gasteiger partial charge on any atom is -0.494 e. The van der Waals surface area contributed by atoms with Crippen LogP contribution in [0.25, 0.3) is 0 Å². The number of carbonyl (C=O) groups is 2. The molecule has 1 fully saturated rings. The Balaban J connectivity index is 2.07. The van der Waals surface area contributed by atoms with Crippen LogP contribution in [0.15, 0.2) is 24.3 Å². The molecular weight excluding hydrogens is 326 g/mol. The van der Waals surface area contributed by atoms with Crippen molar-refractivity contribution in [2.75, 3.05) is 13.2 Å². The first kappa shape index (κ1) is 18.9. The number of hydrogen-bond acceptors (Lipinski definition) is 5. The Labute approximate surface area is 147 Å². The number of carbonyl (C=O) groups excluding carboxylic acids is 1. The van der Waals surface area contributed by atoms with Crippen molar-refractivity contribution in [3.05, 3.63) is 24.3 Å². The predicted octanol–water partition coefficient (Wildman–Crippen LogP) is 2.93. The van der Waals surface area contributed by atoms with Crippen LogP contribution in [0.2, 0.25) is 0 Å². The van der Waals surface area contributed by atoms with E-state index in [1.807, 2.05) is 13.0 Å². The summed E-state index contributed by atoms with van der Waals surface area (Å²) in [7, 11) is 0. The maximum absolute atomic E-state index is 12.3. The van der Waals surface area contributed by atoms with Crippen LogP contribution in [0.1, 0.15) is 34.1 Å². The van der Waals surface area contributed by atoms with Crippen LogP contribution in [0.3, 0.4) is 0 Å². The molecule has 1 aromatic carbocycles. The molecule has 1 saturated heterocycles. The monoisotopic (exact) mass is 351 g/mol. The van der Waals surface area contributed by atoms with Crippen LogP contribution in [0.5, 0.6) is 11.5 Å². The van der Waals surface area contributed by atoms with Crippen LogP contribution < -0.4 is 9.47 Å². The number of hydrogen-bond donors (Lipinski definition) is 1. The summed E-state index contributed by atoms with van der Waals surface area (Å²) in [6, 6.07) is 6.17. The standard InChI is InChI=1S/C18H25NO6/c1-5-23-12-7-6-8-13(9-12)24-14-10-15(16(20)21)19(11-14)17(22)25-18(2,3)4/h6-9,14-15H,5,10-11H2,1-4H3,(H,20,21)/t14-,15-/m0/s1. The zero-order chi connectivity index (χ0) is 18.6. The number of nitrogens with zero attached hydrogens (tertiary/aromatic N) is 1. The van der Waals surface area contributed by atoms with Gasteiger partial charge in [-0.25, -0.2) is 9.59 Å². The van der Waals surface area contributed by atoms with E-state index in [0.29, 0.717) is 18.1 Å². The summed E-state index contributed by atoms with van der Waals surface area (Å²) in [5, 5.41) is 9.40. The number of carboxylic acids is 1. The molecule has 1 aliphatic heterocycles. The summed E-state index contributed by atoms with van der Waals surface area (Å²) in [5.74, 6) is 0.183. The maximum atomic E-state index is 12.3. The zero-order valence-corrected chi connectivity index (χ0v) is 15.0. The van der Waals surface area contributed by atoms with Gasteiger partial charge in [-0.3, -0.25) is 4.90 Å². The molecule has 0 aliphatic carbocycles. The first-order chi connectivity index (χ1) is 11.7. The third-order valence-corrected chi connectivity index (χ3v) is 3.60. The Morgan fingerprint density at radius 2 is 1.96 bits per heavy atom. The molecule has 0 spiro atoms. The van der Waals surface area contributed by atoms with Crippen molar-refractivity contribution in [1.29, 1.82) is 0 Å². The number of aliphatic carboxylic acids is 1. The van der Waals surface area contributed by atoms with Gasteiger partial charge < -0.3 is 19.3 Å². The van der Waals surface area contributed by atoms with Crippen molar-refractivity contribution in [2.24, 2.45) is 0 Å². The third-order valence-electron chi connectivity index (χ3n) is 3.60. The van der Waals surface area contributed by atoms with Gasteiger partial charge in [-0.15, -0.1) is 0 Å². The molecule has 1 N–H and O–H groups in total. The summed E-state index contributed by atoms with van der Waals surface area (Å²) < 4.78 is 16.6. The fraction of sp³-hybridized carbons (Fsp3) is 0.556. The molecule has 0 aromatic heterocycles. The van der Waals surface area contributed by atoms with Gasteiger partial charge in [-0.2, -0.15) is 0 Å². The molecule has 1 aliphatic rings. The van der Waals surface area contributed by atoms with Gasteiger partial charge >= 0.3 is 12.1 Å². The second-order valence-electron chi connectivity index (χ2n) is 6.87. The smallest absolute Gasteiger partial charge is 0.411 e. The van der Waals surface area contributed by atoms with Gasteiger partial charge in [0.25, 0.3) is 0 Å². The number of amides is 1. The third kappa shape index (κ3) is 5.27. The normalized spacial score (nSPS) is 20.2. The lowest BCUT2D eigenvalue weighted by Crippen LogP contribution is -2.43. The molecule has 0 radical (unpaired) electrons. The van der Waals surface area contributed by atoms with Gasteiger partial charge in [0.2, 0.25) is 0 Å². The van der Waals surface area contributed by atoms with Gasteiger partial charge in [0.15, 0.2) is 0 Å². The van der Waals surface area contributed by atoms with E-state index in [0.717, 1.165) is 0 Å². The van der Waals surface area contributed by atoms with E-state index in [1.165, 1.54) is 4.90 Å². The Kier molecular flexibility index (Phi) is 5.77. The fourth-order valence-corrected chi connectivity index (χ4v) is 2.64. The summed E-state index contributed by atoms with van der Waals surface area (Å²) in [5.41, 5.74) is -0.690. The Bertz CT molecular complexity index is 624. The van der Waals surface area contributed by atoms with Gasteiger partial charge in [-0.05, 0) is 39.8 Å². The second kappa shape index (κ2) is 7.63. The number of rotatable bonds is 5. The largest absolute Gasteiger partial charge is 0.494 e. The van der Waals surface area contributed by atoms with Crippen LogP contribution in [-0.2, 0) is 9.53 Å². The fourth-order valence-electron chi connectivity index (χ4n) is 2.64. The van der Waals surface area contributed by atoms with Crippen molar-refractivity contribution in [3.8, 4) is 11.5 Å². The van der Waals surface area contributed by atoms with E-state index in [4.69, 9.17) is 14.2 Å². The molecule has 25 heavy (non-hydrogen) atoms. The molecule has 0 bridgehead atoms. The first-order valence-electron chi connectivity index (χ1n) is 8.31. The summed E-state index contributed by atoms with van der Waals surface area (Å²) >= 11 is 0. The average Bonchev–Trinajstić information content (AvgIpc) is 2.90. The van der Waals surface area contributed by atoms with Crippen molar-refractivity contribution >= 4 is 12.1 Å². The highest BCUT2D eigenvalue weighted by Gasteiger charge is 2.42. The maximum Gasteiger partial charge on any atom is 0.411 e. The van der Waals surface area contributed by atoms with E-state index in [-0.39, 0.29) is 13.0 Å². The molecule has 7 heteroatoms. The van der Waals surface area contributed by atoms with E-state index in [9.17, 15) is 14.7 Å². The quantitative estimate of drug-likeness (QED) is 0.878. The Hall–Kier alpha value is -2.44. The SMILES string of the molecule is CCOc1cccc(O[C@H]2C[C@@H](C(=O)O)N(C(=O)OC(C)(C)C)C2)c1. The lowest BCUT2D eigenvalue weighted by molar-refractivity contribution is -0.142. The molecule has 7 nitrogen and oxygen atoms in total. The molecule has 2 atom stereocenters. The van der Waals surface area contributed by atoms with Gasteiger partial charge in [0.05, 0.1) is 13.2 Å². The van der Waals surface area contributed by atoms with E-state index in [2.05, 4.69) is 0 Å². The molecule has 1 amide bonds. The van der Waals surface area contributed by atoms with Crippen LogP contribution in [-0.4, -0.2) is 53.0 Å². The molecule has 138 valence electrons. The second-order valence-corrected chi connectivity index (χ2v) is 6.87. The minimum atomic E-state index is -1.07. The van der Waals surface area contributed by atoms with Gasteiger partial charge in [0, 0.05) is 12.5 Å². The Morgan fingerprint density at radius 3 is 2.56 bits per heavy atom. The zero-order valence-electron chi connectivity index (χ0n) is 15.0. The number of ether oxygens (including phenoxy) is 3. The van der Waals surface area contributed by atoms with Crippen molar-refractivity contribution < 1.29 is 28.9 Å². The lowest BCUT2D eigenvalue weighted by Gasteiger charge is -2.26. The highest BCUT2D eigenvalue weighted by molar-refractivity contribution is 5.81. The van der Waals surface area contributed by atoms with Gasteiger partial charge in [0.1, 0.15) is 29.2 Å². The van der Waals surface area contributed by atoms with E-state index in [1.54, 1.807) is 39.0 Å². The number of likely N-dealkylation sites (tertiary alicyclic amines) is 1. The number of benzene rings is 1. The highest BCUT2D eigenvalue weighted by Crippen LogP contribution is 2.27.